The van der Waals surface area contributed by atoms with Crippen molar-refractivity contribution in [3.63, 3.8) is 0 Å². The maximum atomic E-state index is 12.6. The van der Waals surface area contributed by atoms with E-state index in [0.29, 0.717) is 19.6 Å². The minimum Gasteiger partial charge on any atom is -0.347 e. The molecular weight excluding hydrogens is 342 g/mol. The van der Waals surface area contributed by atoms with Crippen molar-refractivity contribution in [2.45, 2.75) is 31.6 Å². The molecule has 3 heterocycles. The van der Waals surface area contributed by atoms with Crippen LogP contribution in [0.4, 0.5) is 0 Å². The average molecular weight is 373 g/mol. The Labute approximate surface area is 162 Å². The number of benzene rings is 1. The molecule has 148 valence electrons. The van der Waals surface area contributed by atoms with E-state index in [1.54, 1.807) is 0 Å². The van der Waals surface area contributed by atoms with Gasteiger partial charge in [-0.2, -0.15) is 0 Å². The number of nitrogens with zero attached hydrogens (tertiary/aromatic N) is 3. The van der Waals surface area contributed by atoms with E-state index < -0.39 is 5.79 Å². The van der Waals surface area contributed by atoms with Gasteiger partial charge in [-0.05, 0) is 5.56 Å². The van der Waals surface area contributed by atoms with Crippen LogP contribution in [0.2, 0.25) is 0 Å². The summed E-state index contributed by atoms with van der Waals surface area (Å²) >= 11 is 0. The van der Waals surface area contributed by atoms with E-state index >= 15 is 0 Å². The summed E-state index contributed by atoms with van der Waals surface area (Å²) in [6.45, 7) is 9.01. The van der Waals surface area contributed by atoms with E-state index in [9.17, 15) is 4.79 Å². The van der Waals surface area contributed by atoms with Gasteiger partial charge in [-0.25, -0.2) is 0 Å². The van der Waals surface area contributed by atoms with Crippen LogP contribution in [0, 0.1) is 0 Å². The number of likely N-dealkylation sites (tertiary alicyclic amines) is 1. The van der Waals surface area contributed by atoms with E-state index in [1.165, 1.54) is 5.56 Å². The highest BCUT2D eigenvalue weighted by atomic mass is 16.7. The molecule has 0 aromatic heterocycles. The van der Waals surface area contributed by atoms with Gasteiger partial charge in [0.25, 0.3) is 0 Å². The summed E-state index contributed by atoms with van der Waals surface area (Å²) in [6.07, 6.45) is 2.22. The van der Waals surface area contributed by atoms with Crippen LogP contribution >= 0.6 is 0 Å². The lowest BCUT2D eigenvalue weighted by Crippen LogP contribution is -2.49. The van der Waals surface area contributed by atoms with Crippen LogP contribution in [0.25, 0.3) is 0 Å². The first-order valence-corrected chi connectivity index (χ1v) is 10.3. The molecule has 0 aliphatic carbocycles. The maximum absolute atomic E-state index is 12.6. The van der Waals surface area contributed by atoms with Gasteiger partial charge in [0.1, 0.15) is 0 Å². The monoisotopic (exact) mass is 373 g/mol. The predicted molar refractivity (Wildman–Crippen MR) is 103 cm³/mol. The van der Waals surface area contributed by atoms with Gasteiger partial charge in [-0.15, -0.1) is 0 Å². The van der Waals surface area contributed by atoms with Gasteiger partial charge in [0.05, 0.1) is 13.2 Å². The van der Waals surface area contributed by atoms with Crippen LogP contribution < -0.4 is 0 Å². The van der Waals surface area contributed by atoms with Crippen molar-refractivity contribution in [2.24, 2.45) is 0 Å². The third-order valence-corrected chi connectivity index (χ3v) is 6.05. The summed E-state index contributed by atoms with van der Waals surface area (Å²) in [4.78, 5) is 19.5. The van der Waals surface area contributed by atoms with Crippen LogP contribution in [0.15, 0.2) is 30.3 Å². The van der Waals surface area contributed by atoms with Crippen molar-refractivity contribution in [3.8, 4) is 0 Å². The number of rotatable bonds is 5. The van der Waals surface area contributed by atoms with Crippen LogP contribution in [-0.4, -0.2) is 85.4 Å². The van der Waals surface area contributed by atoms with Gasteiger partial charge in [-0.1, -0.05) is 30.3 Å². The summed E-state index contributed by atoms with van der Waals surface area (Å²) in [5.74, 6) is -0.124. The van der Waals surface area contributed by atoms with Crippen molar-refractivity contribution < 1.29 is 14.3 Å². The summed E-state index contributed by atoms with van der Waals surface area (Å²) in [5, 5.41) is 0. The number of piperazine rings is 1. The molecule has 0 atom stereocenters. The SMILES string of the molecule is O=C(CCN1CCN(Cc2ccccc2)CC1)N1CCC2(CC1)OCCO2. The molecule has 1 amide bonds. The molecule has 3 aliphatic heterocycles. The summed E-state index contributed by atoms with van der Waals surface area (Å²) in [6, 6.07) is 10.6. The molecule has 1 aromatic carbocycles. The Hall–Kier alpha value is -1.47. The second-order valence-electron chi connectivity index (χ2n) is 7.84. The summed E-state index contributed by atoms with van der Waals surface area (Å²) < 4.78 is 11.5. The second kappa shape index (κ2) is 8.69. The predicted octanol–water partition coefficient (Wildman–Crippen LogP) is 1.56. The Bertz CT molecular complexity index is 600. The Morgan fingerprint density at radius 1 is 0.889 bits per heavy atom. The molecule has 1 aromatic rings. The fraction of sp³-hybridized carbons (Fsp3) is 0.667. The molecule has 0 saturated carbocycles. The fourth-order valence-electron chi connectivity index (χ4n) is 4.31. The van der Waals surface area contributed by atoms with Crippen LogP contribution in [-0.2, 0) is 20.8 Å². The number of amides is 1. The number of piperidine rings is 1. The first kappa shape index (κ1) is 18.9. The second-order valence-corrected chi connectivity index (χ2v) is 7.84. The molecule has 6 nitrogen and oxygen atoms in total. The largest absolute Gasteiger partial charge is 0.347 e. The minimum absolute atomic E-state index is 0.273. The van der Waals surface area contributed by atoms with Crippen LogP contribution in [0.3, 0.4) is 0 Å². The maximum Gasteiger partial charge on any atom is 0.223 e. The zero-order valence-corrected chi connectivity index (χ0v) is 16.1. The lowest BCUT2D eigenvalue weighted by Gasteiger charge is -2.38. The Balaban J connectivity index is 1.14. The smallest absolute Gasteiger partial charge is 0.223 e. The van der Waals surface area contributed by atoms with E-state index in [4.69, 9.17) is 9.47 Å². The van der Waals surface area contributed by atoms with E-state index in [-0.39, 0.29) is 5.91 Å². The molecule has 6 heteroatoms. The Morgan fingerprint density at radius 2 is 1.52 bits per heavy atom. The highest BCUT2D eigenvalue weighted by Gasteiger charge is 2.40. The number of carbonyl (C=O) groups is 1. The normalized spacial score (nSPS) is 23.8. The first-order chi connectivity index (χ1) is 13.2. The highest BCUT2D eigenvalue weighted by Crippen LogP contribution is 2.31. The zero-order chi connectivity index (χ0) is 18.5. The van der Waals surface area contributed by atoms with Crippen LogP contribution in [0.1, 0.15) is 24.8 Å². The van der Waals surface area contributed by atoms with Crippen molar-refractivity contribution in [1.82, 2.24) is 14.7 Å². The lowest BCUT2D eigenvalue weighted by molar-refractivity contribution is -0.187. The van der Waals surface area contributed by atoms with Crippen molar-refractivity contribution >= 4 is 5.91 Å². The molecule has 27 heavy (non-hydrogen) atoms. The average Bonchev–Trinajstić information content (AvgIpc) is 3.16. The van der Waals surface area contributed by atoms with Crippen molar-refractivity contribution in [3.05, 3.63) is 35.9 Å². The first-order valence-electron chi connectivity index (χ1n) is 10.3. The number of hydrogen-bond donors (Lipinski definition) is 0. The van der Waals surface area contributed by atoms with E-state index in [0.717, 1.165) is 65.2 Å². The molecule has 3 fully saturated rings. The van der Waals surface area contributed by atoms with Gasteiger partial charge in [0.15, 0.2) is 5.79 Å². The molecule has 4 rings (SSSR count). The van der Waals surface area contributed by atoms with Gasteiger partial charge in [0, 0.05) is 71.6 Å². The van der Waals surface area contributed by atoms with Crippen molar-refractivity contribution in [1.29, 1.82) is 0 Å². The highest BCUT2D eigenvalue weighted by molar-refractivity contribution is 5.76. The standard InChI is InChI=1S/C21H31N3O3/c25-20(24-10-7-21(8-11-24)26-16-17-27-21)6-9-22-12-14-23(15-13-22)18-19-4-2-1-3-5-19/h1-5H,6-18H2. The quantitative estimate of drug-likeness (QED) is 0.784. The van der Waals surface area contributed by atoms with Crippen molar-refractivity contribution in [2.75, 3.05) is 59.0 Å². The van der Waals surface area contributed by atoms with Gasteiger partial charge in [-0.3, -0.25) is 9.69 Å². The molecule has 0 unspecified atom stereocenters. The Morgan fingerprint density at radius 3 is 2.19 bits per heavy atom. The summed E-state index contributed by atoms with van der Waals surface area (Å²) in [7, 11) is 0. The minimum atomic E-state index is -0.397. The number of ether oxygens (including phenoxy) is 2. The van der Waals surface area contributed by atoms with Gasteiger partial charge in [0.2, 0.25) is 5.91 Å². The molecule has 3 saturated heterocycles. The van der Waals surface area contributed by atoms with E-state index in [2.05, 4.69) is 40.1 Å². The molecule has 0 radical (unpaired) electrons. The number of carbonyl (C=O) groups excluding carboxylic acids is 1. The molecule has 3 aliphatic rings. The van der Waals surface area contributed by atoms with Gasteiger partial charge < -0.3 is 19.3 Å². The topological polar surface area (TPSA) is 45.3 Å². The molecular formula is C21H31N3O3. The lowest BCUT2D eigenvalue weighted by atomic mass is 10.0. The fourth-order valence-corrected chi connectivity index (χ4v) is 4.31. The third-order valence-electron chi connectivity index (χ3n) is 6.05. The molecule has 1 spiro atoms. The summed E-state index contributed by atoms with van der Waals surface area (Å²) in [5.41, 5.74) is 1.37. The van der Waals surface area contributed by atoms with E-state index in [1.807, 2.05) is 4.90 Å². The number of hydrogen-bond acceptors (Lipinski definition) is 5. The molecule has 0 N–H and O–H groups in total. The van der Waals surface area contributed by atoms with Gasteiger partial charge >= 0.3 is 0 Å². The third kappa shape index (κ3) is 4.88. The van der Waals surface area contributed by atoms with Crippen LogP contribution in [0.5, 0.6) is 0 Å². The zero-order valence-electron chi connectivity index (χ0n) is 16.1. The molecule has 0 bridgehead atoms. The Kier molecular flexibility index (Phi) is 6.08.